The highest BCUT2D eigenvalue weighted by Crippen LogP contribution is 2.24. The molecule has 0 aromatic rings. The van der Waals surface area contributed by atoms with E-state index in [-0.39, 0.29) is 5.92 Å². The van der Waals surface area contributed by atoms with Crippen LogP contribution in [-0.4, -0.2) is 17.1 Å². The molecule has 3 heteroatoms. The van der Waals surface area contributed by atoms with Crippen molar-refractivity contribution in [3.63, 3.8) is 0 Å². The van der Waals surface area contributed by atoms with Crippen LogP contribution in [0.15, 0.2) is 12.8 Å². The summed E-state index contributed by atoms with van der Waals surface area (Å²) in [6.45, 7) is 3.58. The fraction of sp³-hybridized carbons (Fsp3) is 0.667. The van der Waals surface area contributed by atoms with Gasteiger partial charge in [0.1, 0.15) is 0 Å². The van der Waals surface area contributed by atoms with Crippen LogP contribution in [0.3, 0.4) is 0 Å². The molecule has 1 fully saturated rings. The highest BCUT2D eigenvalue weighted by Gasteiger charge is 2.24. The van der Waals surface area contributed by atoms with Crippen molar-refractivity contribution >= 4 is 5.97 Å². The quantitative estimate of drug-likeness (QED) is 0.670. The molecular formula is C9H15NO2. The van der Waals surface area contributed by atoms with Gasteiger partial charge in [-0.2, -0.15) is 0 Å². The summed E-state index contributed by atoms with van der Waals surface area (Å²) in [4.78, 5) is 10.6. The van der Waals surface area contributed by atoms with Crippen molar-refractivity contribution in [2.45, 2.75) is 31.7 Å². The minimum atomic E-state index is -0.646. The molecule has 0 saturated heterocycles. The Kier molecular flexibility index (Phi) is 3.14. The second-order valence-corrected chi connectivity index (χ2v) is 3.26. The molecule has 2 N–H and O–H groups in total. The van der Waals surface area contributed by atoms with E-state index < -0.39 is 5.97 Å². The van der Waals surface area contributed by atoms with Crippen LogP contribution in [0.1, 0.15) is 25.7 Å². The molecule has 1 saturated carbocycles. The number of aliphatic carboxylic acids is 1. The summed E-state index contributed by atoms with van der Waals surface area (Å²) in [6, 6.07) is 0.443. The molecule has 1 aliphatic rings. The van der Waals surface area contributed by atoms with Gasteiger partial charge >= 0.3 is 5.97 Å². The predicted octanol–water partition coefficient (Wildman–Crippen LogP) is 1.36. The summed E-state index contributed by atoms with van der Waals surface area (Å²) >= 11 is 0. The standard InChI is InChI=1S/C9H15NO2/c1-2-10-8-5-3-7(4-6-8)9(11)12/h2,7-8,10H,1,3-6H2,(H,11,12). The number of nitrogens with one attached hydrogen (secondary N) is 1. The van der Waals surface area contributed by atoms with E-state index >= 15 is 0 Å². The first-order valence-electron chi connectivity index (χ1n) is 4.33. The van der Waals surface area contributed by atoms with Gasteiger partial charge in [-0.1, -0.05) is 6.58 Å². The molecule has 0 atom stereocenters. The van der Waals surface area contributed by atoms with Crippen LogP contribution in [0.25, 0.3) is 0 Å². The lowest BCUT2D eigenvalue weighted by molar-refractivity contribution is -0.142. The summed E-state index contributed by atoms with van der Waals surface area (Å²) < 4.78 is 0. The second-order valence-electron chi connectivity index (χ2n) is 3.26. The first-order chi connectivity index (χ1) is 5.74. The molecule has 0 radical (unpaired) electrons. The van der Waals surface area contributed by atoms with Gasteiger partial charge < -0.3 is 10.4 Å². The molecule has 0 amide bonds. The summed E-state index contributed by atoms with van der Waals surface area (Å²) in [6.07, 6.45) is 5.17. The monoisotopic (exact) mass is 169 g/mol. The Balaban J connectivity index is 2.29. The van der Waals surface area contributed by atoms with Gasteiger partial charge in [-0.3, -0.25) is 4.79 Å². The van der Waals surface area contributed by atoms with Crippen molar-refractivity contribution in [2.75, 3.05) is 0 Å². The number of rotatable bonds is 3. The molecule has 68 valence electrons. The topological polar surface area (TPSA) is 49.3 Å². The lowest BCUT2D eigenvalue weighted by atomic mass is 9.86. The van der Waals surface area contributed by atoms with Gasteiger partial charge in [0.2, 0.25) is 0 Å². The van der Waals surface area contributed by atoms with E-state index in [0.717, 1.165) is 25.7 Å². The molecule has 0 spiro atoms. The van der Waals surface area contributed by atoms with E-state index in [9.17, 15) is 4.79 Å². The summed E-state index contributed by atoms with van der Waals surface area (Å²) in [5.41, 5.74) is 0. The number of hydrogen-bond donors (Lipinski definition) is 2. The van der Waals surface area contributed by atoms with Gasteiger partial charge in [-0.25, -0.2) is 0 Å². The van der Waals surface area contributed by atoms with Crippen molar-refractivity contribution in [2.24, 2.45) is 5.92 Å². The molecule has 3 nitrogen and oxygen atoms in total. The smallest absolute Gasteiger partial charge is 0.306 e. The number of carboxylic acid groups (broad SMARTS) is 1. The number of carboxylic acids is 1. The van der Waals surface area contributed by atoms with Gasteiger partial charge in [0.05, 0.1) is 5.92 Å². The maximum Gasteiger partial charge on any atom is 0.306 e. The van der Waals surface area contributed by atoms with Crippen LogP contribution in [0.5, 0.6) is 0 Å². The Morgan fingerprint density at radius 1 is 1.42 bits per heavy atom. The van der Waals surface area contributed by atoms with Gasteiger partial charge in [-0.05, 0) is 31.9 Å². The van der Waals surface area contributed by atoms with Crippen LogP contribution >= 0.6 is 0 Å². The summed E-state index contributed by atoms with van der Waals surface area (Å²) in [5, 5.41) is 11.8. The molecule has 12 heavy (non-hydrogen) atoms. The zero-order valence-corrected chi connectivity index (χ0v) is 7.12. The Bertz CT molecular complexity index is 171. The third-order valence-electron chi connectivity index (χ3n) is 2.43. The van der Waals surface area contributed by atoms with Gasteiger partial charge in [-0.15, -0.1) is 0 Å². The maximum atomic E-state index is 10.6. The normalized spacial score (nSPS) is 29.3. The van der Waals surface area contributed by atoms with E-state index in [1.54, 1.807) is 6.20 Å². The fourth-order valence-electron chi connectivity index (χ4n) is 1.67. The van der Waals surface area contributed by atoms with Crippen LogP contribution < -0.4 is 5.32 Å². The first kappa shape index (κ1) is 9.10. The average Bonchev–Trinajstić information content (AvgIpc) is 2.06. The van der Waals surface area contributed by atoms with E-state index in [1.165, 1.54) is 0 Å². The molecule has 1 rings (SSSR count). The average molecular weight is 169 g/mol. The van der Waals surface area contributed by atoms with Crippen LogP contribution in [0.4, 0.5) is 0 Å². The molecular weight excluding hydrogens is 154 g/mol. The van der Waals surface area contributed by atoms with Gasteiger partial charge in [0, 0.05) is 6.04 Å². The maximum absolute atomic E-state index is 10.6. The lowest BCUT2D eigenvalue weighted by Gasteiger charge is -2.25. The van der Waals surface area contributed by atoms with Gasteiger partial charge in [0.15, 0.2) is 0 Å². The molecule has 0 unspecified atom stereocenters. The second kappa shape index (κ2) is 4.14. The predicted molar refractivity (Wildman–Crippen MR) is 46.7 cm³/mol. The lowest BCUT2D eigenvalue weighted by Crippen LogP contribution is -2.31. The van der Waals surface area contributed by atoms with E-state index in [0.29, 0.717) is 6.04 Å². The van der Waals surface area contributed by atoms with Crippen molar-refractivity contribution < 1.29 is 9.90 Å². The van der Waals surface area contributed by atoms with Crippen molar-refractivity contribution in [3.05, 3.63) is 12.8 Å². The Hall–Kier alpha value is -0.990. The number of carbonyl (C=O) groups is 1. The molecule has 0 heterocycles. The summed E-state index contributed by atoms with van der Waals surface area (Å²) in [7, 11) is 0. The van der Waals surface area contributed by atoms with Crippen molar-refractivity contribution in [3.8, 4) is 0 Å². The molecule has 0 aromatic carbocycles. The van der Waals surface area contributed by atoms with E-state index in [4.69, 9.17) is 5.11 Å². The summed E-state index contributed by atoms with van der Waals surface area (Å²) in [5.74, 6) is -0.764. The van der Waals surface area contributed by atoms with E-state index in [1.807, 2.05) is 0 Å². The minimum Gasteiger partial charge on any atom is -0.481 e. The third-order valence-corrected chi connectivity index (χ3v) is 2.43. The Labute approximate surface area is 72.5 Å². The molecule has 0 bridgehead atoms. The van der Waals surface area contributed by atoms with Crippen molar-refractivity contribution in [1.29, 1.82) is 0 Å². The zero-order valence-electron chi connectivity index (χ0n) is 7.12. The Morgan fingerprint density at radius 3 is 2.42 bits per heavy atom. The molecule has 1 aliphatic carbocycles. The minimum absolute atomic E-state index is 0.118. The van der Waals surface area contributed by atoms with Crippen molar-refractivity contribution in [1.82, 2.24) is 5.32 Å². The van der Waals surface area contributed by atoms with Crippen LogP contribution in [0.2, 0.25) is 0 Å². The zero-order chi connectivity index (χ0) is 8.97. The fourth-order valence-corrected chi connectivity index (χ4v) is 1.67. The Morgan fingerprint density at radius 2 is 2.00 bits per heavy atom. The SMILES string of the molecule is C=CNC1CCC(C(=O)O)CC1. The highest BCUT2D eigenvalue weighted by molar-refractivity contribution is 5.70. The highest BCUT2D eigenvalue weighted by atomic mass is 16.4. The van der Waals surface area contributed by atoms with E-state index in [2.05, 4.69) is 11.9 Å². The van der Waals surface area contributed by atoms with Crippen LogP contribution in [-0.2, 0) is 4.79 Å². The largest absolute Gasteiger partial charge is 0.481 e. The van der Waals surface area contributed by atoms with Gasteiger partial charge in [0.25, 0.3) is 0 Å². The third kappa shape index (κ3) is 2.26. The molecule has 0 aromatic heterocycles. The number of hydrogen-bond acceptors (Lipinski definition) is 2. The molecule has 0 aliphatic heterocycles. The first-order valence-corrected chi connectivity index (χ1v) is 4.33. The van der Waals surface area contributed by atoms with Crippen LogP contribution in [0, 0.1) is 5.92 Å².